The zero-order valence-corrected chi connectivity index (χ0v) is 25.4. The number of aryl methyl sites for hydroxylation is 2. The second-order valence-corrected chi connectivity index (χ2v) is 11.8. The lowest BCUT2D eigenvalue weighted by Crippen LogP contribution is -1.99. The molecule has 38 heavy (non-hydrogen) atoms. The lowest BCUT2D eigenvalue weighted by Gasteiger charge is -2.13. The summed E-state index contributed by atoms with van der Waals surface area (Å²) in [5, 5.41) is 18.4. The summed E-state index contributed by atoms with van der Waals surface area (Å²) in [4.78, 5) is 0. The zero-order valence-electron chi connectivity index (χ0n) is 25.4. The van der Waals surface area contributed by atoms with Crippen molar-refractivity contribution in [3.63, 3.8) is 0 Å². The molecule has 0 bridgehead atoms. The molecule has 1 atom stereocenters. The molecule has 1 unspecified atom stereocenters. The highest BCUT2D eigenvalue weighted by Crippen LogP contribution is 2.21. The molecule has 0 heterocycles. The lowest BCUT2D eigenvalue weighted by atomic mass is 9.93. The SMILES string of the molecule is CC(C)CCCCCCCCCc1ccc(O)cc1.CCCCC(CC)CCCCCc1ccc(O)cc1. The van der Waals surface area contributed by atoms with E-state index in [9.17, 15) is 10.2 Å². The summed E-state index contributed by atoms with van der Waals surface area (Å²) in [7, 11) is 0. The Balaban J connectivity index is 0.000000380. The third kappa shape index (κ3) is 19.2. The van der Waals surface area contributed by atoms with Gasteiger partial charge in [-0.25, -0.2) is 0 Å². The fraction of sp³-hybridized carbons (Fsp3) is 0.667. The summed E-state index contributed by atoms with van der Waals surface area (Å²) in [5.74, 6) is 2.55. The second kappa shape index (κ2) is 23.0. The first-order valence-electron chi connectivity index (χ1n) is 16.0. The van der Waals surface area contributed by atoms with Crippen molar-refractivity contribution in [2.45, 2.75) is 143 Å². The molecule has 2 aromatic rings. The Kier molecular flexibility index (Phi) is 20.6. The van der Waals surface area contributed by atoms with Crippen LogP contribution < -0.4 is 0 Å². The highest BCUT2D eigenvalue weighted by Gasteiger charge is 2.05. The van der Waals surface area contributed by atoms with Crippen LogP contribution in [0.4, 0.5) is 0 Å². The van der Waals surface area contributed by atoms with E-state index >= 15 is 0 Å². The minimum absolute atomic E-state index is 0.366. The molecule has 0 aliphatic carbocycles. The first-order valence-corrected chi connectivity index (χ1v) is 16.0. The van der Waals surface area contributed by atoms with Gasteiger partial charge in [-0.2, -0.15) is 0 Å². The van der Waals surface area contributed by atoms with Crippen molar-refractivity contribution in [3.8, 4) is 11.5 Å². The van der Waals surface area contributed by atoms with Crippen LogP contribution in [0.3, 0.4) is 0 Å². The van der Waals surface area contributed by atoms with Crippen molar-refractivity contribution < 1.29 is 10.2 Å². The molecule has 2 rings (SSSR count). The Morgan fingerprint density at radius 1 is 0.500 bits per heavy atom. The predicted octanol–water partition coefficient (Wildman–Crippen LogP) is 11.4. The molecule has 0 saturated heterocycles. The number of aromatic hydroxyl groups is 2. The molecule has 2 aromatic carbocycles. The van der Waals surface area contributed by atoms with Crippen LogP contribution in [-0.4, -0.2) is 10.2 Å². The first kappa shape index (κ1) is 34.1. The van der Waals surface area contributed by atoms with Crippen molar-refractivity contribution in [2.24, 2.45) is 11.8 Å². The predicted molar refractivity (Wildman–Crippen MR) is 167 cm³/mol. The topological polar surface area (TPSA) is 40.5 Å². The smallest absolute Gasteiger partial charge is 0.115 e. The maximum Gasteiger partial charge on any atom is 0.115 e. The quantitative estimate of drug-likeness (QED) is 0.169. The van der Waals surface area contributed by atoms with E-state index in [0.29, 0.717) is 11.5 Å². The Morgan fingerprint density at radius 3 is 1.34 bits per heavy atom. The number of hydrogen-bond acceptors (Lipinski definition) is 2. The van der Waals surface area contributed by atoms with E-state index in [1.54, 1.807) is 24.3 Å². The minimum Gasteiger partial charge on any atom is -0.508 e. The maximum atomic E-state index is 9.23. The summed E-state index contributed by atoms with van der Waals surface area (Å²) < 4.78 is 0. The Morgan fingerprint density at radius 2 is 0.895 bits per heavy atom. The summed E-state index contributed by atoms with van der Waals surface area (Å²) in [5.41, 5.74) is 2.69. The summed E-state index contributed by atoms with van der Waals surface area (Å²) >= 11 is 0. The van der Waals surface area contributed by atoms with Gasteiger partial charge in [0.1, 0.15) is 11.5 Å². The number of hydrogen-bond donors (Lipinski definition) is 2. The molecule has 0 spiro atoms. The van der Waals surface area contributed by atoms with Gasteiger partial charge in [0.2, 0.25) is 0 Å². The van der Waals surface area contributed by atoms with Crippen molar-refractivity contribution in [3.05, 3.63) is 59.7 Å². The Hall–Kier alpha value is -1.96. The molecule has 0 aliphatic rings. The monoisotopic (exact) mass is 524 g/mol. The number of benzene rings is 2. The molecule has 0 aliphatic heterocycles. The van der Waals surface area contributed by atoms with Gasteiger partial charge in [-0.3, -0.25) is 0 Å². The van der Waals surface area contributed by atoms with E-state index in [1.165, 1.54) is 114 Å². The van der Waals surface area contributed by atoms with Gasteiger partial charge in [0.25, 0.3) is 0 Å². The van der Waals surface area contributed by atoms with Crippen LogP contribution in [0.2, 0.25) is 0 Å². The van der Waals surface area contributed by atoms with Crippen molar-refractivity contribution in [1.82, 2.24) is 0 Å². The van der Waals surface area contributed by atoms with Crippen molar-refractivity contribution >= 4 is 0 Å². The number of phenols is 2. The fourth-order valence-corrected chi connectivity index (χ4v) is 5.08. The molecular formula is C36H60O2. The van der Waals surface area contributed by atoms with Gasteiger partial charge in [-0.15, -0.1) is 0 Å². The highest BCUT2D eigenvalue weighted by atomic mass is 16.3. The second-order valence-electron chi connectivity index (χ2n) is 11.8. The molecular weight excluding hydrogens is 464 g/mol. The third-order valence-corrected chi connectivity index (χ3v) is 7.74. The molecule has 0 fully saturated rings. The normalized spacial score (nSPS) is 11.8. The summed E-state index contributed by atoms with van der Waals surface area (Å²) in [6, 6.07) is 15.3. The molecule has 2 heteroatoms. The van der Waals surface area contributed by atoms with E-state index in [-0.39, 0.29) is 0 Å². The van der Waals surface area contributed by atoms with E-state index in [0.717, 1.165) is 24.7 Å². The lowest BCUT2D eigenvalue weighted by molar-refractivity contribution is 0.402. The van der Waals surface area contributed by atoms with Crippen molar-refractivity contribution in [2.75, 3.05) is 0 Å². The van der Waals surface area contributed by atoms with Gasteiger partial charge >= 0.3 is 0 Å². The maximum absolute atomic E-state index is 9.23. The van der Waals surface area contributed by atoms with E-state index < -0.39 is 0 Å². The average Bonchev–Trinajstić information content (AvgIpc) is 2.91. The van der Waals surface area contributed by atoms with Gasteiger partial charge in [-0.05, 0) is 72.9 Å². The van der Waals surface area contributed by atoms with Gasteiger partial charge in [-0.1, -0.05) is 142 Å². The van der Waals surface area contributed by atoms with Crippen LogP contribution in [0.15, 0.2) is 48.5 Å². The largest absolute Gasteiger partial charge is 0.508 e. The Labute approximate surface area is 236 Å². The highest BCUT2D eigenvalue weighted by molar-refractivity contribution is 5.26. The van der Waals surface area contributed by atoms with Crippen LogP contribution in [0.5, 0.6) is 11.5 Å². The minimum atomic E-state index is 0.366. The molecule has 216 valence electrons. The van der Waals surface area contributed by atoms with Crippen LogP contribution in [0, 0.1) is 11.8 Å². The van der Waals surface area contributed by atoms with Crippen LogP contribution in [0.25, 0.3) is 0 Å². The van der Waals surface area contributed by atoms with Gasteiger partial charge in [0, 0.05) is 0 Å². The Bertz CT molecular complexity index is 763. The van der Waals surface area contributed by atoms with E-state index in [4.69, 9.17) is 0 Å². The number of rotatable bonds is 20. The summed E-state index contributed by atoms with van der Waals surface area (Å²) in [6.07, 6.45) is 24.2. The van der Waals surface area contributed by atoms with Crippen LogP contribution in [0.1, 0.15) is 142 Å². The summed E-state index contributed by atoms with van der Waals surface area (Å²) in [6.45, 7) is 9.23. The van der Waals surface area contributed by atoms with Gasteiger partial charge in [0.05, 0.1) is 0 Å². The van der Waals surface area contributed by atoms with Crippen LogP contribution >= 0.6 is 0 Å². The third-order valence-electron chi connectivity index (χ3n) is 7.74. The van der Waals surface area contributed by atoms with E-state index in [2.05, 4.69) is 27.7 Å². The average molecular weight is 525 g/mol. The molecule has 0 aromatic heterocycles. The molecule has 0 radical (unpaired) electrons. The number of unbranched alkanes of at least 4 members (excludes halogenated alkanes) is 9. The van der Waals surface area contributed by atoms with E-state index in [1.807, 2.05) is 24.3 Å². The number of phenolic OH excluding ortho intramolecular Hbond substituents is 2. The molecule has 2 nitrogen and oxygen atoms in total. The standard InChI is InChI=1S/2C18H30O/c1-16(2)10-8-6-4-3-5-7-9-11-17-12-14-18(19)15-13-17;1-3-5-9-16(4-2)10-7-6-8-11-17-12-14-18(19)15-13-17/h2*12-16,19H,3-11H2,1-2H3. The first-order chi connectivity index (χ1) is 18.4. The zero-order chi connectivity index (χ0) is 27.8. The van der Waals surface area contributed by atoms with Gasteiger partial charge in [0.15, 0.2) is 0 Å². The molecule has 0 saturated carbocycles. The van der Waals surface area contributed by atoms with Gasteiger partial charge < -0.3 is 10.2 Å². The fourth-order valence-electron chi connectivity index (χ4n) is 5.08. The molecule has 0 amide bonds. The van der Waals surface area contributed by atoms with Crippen LogP contribution in [-0.2, 0) is 12.8 Å². The molecule has 2 N–H and O–H groups in total. The van der Waals surface area contributed by atoms with Crippen molar-refractivity contribution in [1.29, 1.82) is 0 Å².